The van der Waals surface area contributed by atoms with E-state index in [2.05, 4.69) is 39.9 Å². The first-order valence-electron chi connectivity index (χ1n) is 20.4. The van der Waals surface area contributed by atoms with Crippen molar-refractivity contribution < 1.29 is 29.2 Å². The summed E-state index contributed by atoms with van der Waals surface area (Å²) in [6.07, 6.45) is 12.4. The van der Waals surface area contributed by atoms with Crippen LogP contribution in [0.3, 0.4) is 0 Å². The second-order valence-corrected chi connectivity index (χ2v) is 20.3. The minimum absolute atomic E-state index is 0.0564. The third kappa shape index (κ3) is 5.21. The molecule has 8 rings (SSSR count). The van der Waals surface area contributed by atoms with Gasteiger partial charge in [-0.1, -0.05) is 34.6 Å². The number of nitrogens with zero attached hydrogens (tertiary/aromatic N) is 1. The van der Waals surface area contributed by atoms with Gasteiger partial charge >= 0.3 is 0 Å². The Hall–Kier alpha value is -0.770. The zero-order valence-corrected chi connectivity index (χ0v) is 31.8. The smallest absolute Gasteiger partial charge is 0.223 e. The highest BCUT2D eigenvalue weighted by Gasteiger charge is 2.83. The molecular weight excluding hydrogens is 616 g/mol. The van der Waals surface area contributed by atoms with Crippen molar-refractivity contribution in [2.75, 3.05) is 32.8 Å². The maximum atomic E-state index is 13.3. The molecule has 8 nitrogen and oxygen atoms in total. The second kappa shape index (κ2) is 11.9. The monoisotopic (exact) mass is 685 g/mol. The van der Waals surface area contributed by atoms with Gasteiger partial charge in [0.2, 0.25) is 5.91 Å². The number of rotatable bonds is 6. The molecule has 278 valence electrons. The Balaban J connectivity index is 0.956. The Labute approximate surface area is 296 Å². The minimum atomic E-state index is -1.17. The summed E-state index contributed by atoms with van der Waals surface area (Å²) in [5.41, 5.74) is 0.180. The van der Waals surface area contributed by atoms with E-state index in [9.17, 15) is 15.0 Å². The lowest BCUT2D eigenvalue weighted by molar-refractivity contribution is -0.246. The number of aliphatic hydroxyl groups excluding tert-OH is 1. The topological polar surface area (TPSA) is 100 Å². The normalized spacial score (nSPS) is 49.9. The van der Waals surface area contributed by atoms with E-state index in [0.29, 0.717) is 66.5 Å². The summed E-state index contributed by atoms with van der Waals surface area (Å²) >= 11 is 0. The number of carbonyl (C=O) groups excluding carboxylic acids is 1. The molecule has 0 aromatic rings. The molecule has 2 spiro atoms. The molecule has 3 heterocycles. The summed E-state index contributed by atoms with van der Waals surface area (Å²) in [5.74, 6) is 3.11. The van der Waals surface area contributed by atoms with Gasteiger partial charge in [0.15, 0.2) is 6.29 Å². The number of piperidine rings is 1. The number of fused-ring (bicyclic) bond motifs is 4. The highest BCUT2D eigenvalue weighted by Crippen LogP contribution is 2.89. The average molecular weight is 685 g/mol. The summed E-state index contributed by atoms with van der Waals surface area (Å²) in [6.45, 7) is 19.9. The molecule has 5 saturated carbocycles. The van der Waals surface area contributed by atoms with Crippen LogP contribution in [0, 0.1) is 56.7 Å². The molecule has 8 heteroatoms. The van der Waals surface area contributed by atoms with E-state index in [1.54, 1.807) is 13.8 Å². The standard InChI is InChI=1S/C41H68N2O6/c1-25-20-27(35(45)37(4,5)46)48-28-22-39(7)30-9-8-29-36(2,3)31(10-13-40(29)24-41(30,40)15-14-38(39,6)34(25)28)49-33-23-43(18-19-47-33)32(44)21-26-11-16-42-17-12-26/h25-31,33-35,42,45-46H,8-24H2,1-7H3/t25-,27?,28?,29?,30+,31+,33?,34?,35+,38-,39+,40?,41+/m1/s1. The van der Waals surface area contributed by atoms with Crippen molar-refractivity contribution >= 4 is 5.91 Å². The summed E-state index contributed by atoms with van der Waals surface area (Å²) in [5, 5.41) is 25.1. The molecule has 13 atom stereocenters. The van der Waals surface area contributed by atoms with Crippen LogP contribution in [0.5, 0.6) is 0 Å². The lowest BCUT2D eigenvalue weighted by Crippen LogP contribution is -2.59. The van der Waals surface area contributed by atoms with Gasteiger partial charge in [0.05, 0.1) is 37.1 Å². The average Bonchev–Trinajstić information content (AvgIpc) is 3.65. The Kier molecular flexibility index (Phi) is 8.54. The third-order valence-electron chi connectivity index (χ3n) is 17.3. The van der Waals surface area contributed by atoms with Crippen molar-refractivity contribution in [3.05, 3.63) is 0 Å². The maximum absolute atomic E-state index is 13.3. The van der Waals surface area contributed by atoms with E-state index in [1.165, 1.54) is 38.5 Å². The number of morpholine rings is 1. The van der Waals surface area contributed by atoms with Crippen LogP contribution < -0.4 is 5.32 Å². The molecule has 8 aliphatic rings. The fraction of sp³-hybridized carbons (Fsp3) is 0.976. The van der Waals surface area contributed by atoms with Crippen LogP contribution in [0.25, 0.3) is 0 Å². The molecule has 5 aliphatic carbocycles. The van der Waals surface area contributed by atoms with Crippen molar-refractivity contribution in [2.24, 2.45) is 56.7 Å². The molecule has 3 aliphatic heterocycles. The number of ether oxygens (including phenoxy) is 3. The molecule has 0 aromatic carbocycles. The zero-order valence-electron chi connectivity index (χ0n) is 31.8. The van der Waals surface area contributed by atoms with Crippen LogP contribution in [0.1, 0.15) is 126 Å². The molecule has 49 heavy (non-hydrogen) atoms. The Bertz CT molecular complexity index is 1280. The number of hydrogen-bond donors (Lipinski definition) is 3. The first-order chi connectivity index (χ1) is 23.1. The van der Waals surface area contributed by atoms with Gasteiger partial charge in [-0.3, -0.25) is 4.79 Å². The van der Waals surface area contributed by atoms with E-state index in [1.807, 2.05) is 4.90 Å². The van der Waals surface area contributed by atoms with E-state index < -0.39 is 11.7 Å². The van der Waals surface area contributed by atoms with Gasteiger partial charge in [-0.2, -0.15) is 0 Å². The molecule has 3 saturated heterocycles. The minimum Gasteiger partial charge on any atom is -0.388 e. The summed E-state index contributed by atoms with van der Waals surface area (Å²) in [6, 6.07) is 0. The Morgan fingerprint density at radius 3 is 2.45 bits per heavy atom. The van der Waals surface area contributed by atoms with Crippen LogP contribution in [-0.4, -0.2) is 90.1 Å². The number of carbonyl (C=O) groups is 1. The van der Waals surface area contributed by atoms with Crippen molar-refractivity contribution in [2.45, 2.75) is 162 Å². The summed E-state index contributed by atoms with van der Waals surface area (Å²) in [7, 11) is 0. The van der Waals surface area contributed by atoms with Crippen molar-refractivity contribution in [1.29, 1.82) is 0 Å². The van der Waals surface area contributed by atoms with E-state index >= 15 is 0 Å². The maximum Gasteiger partial charge on any atom is 0.223 e. The molecule has 3 N–H and O–H groups in total. The van der Waals surface area contributed by atoms with Crippen molar-refractivity contribution in [3.8, 4) is 0 Å². The van der Waals surface area contributed by atoms with Gasteiger partial charge in [-0.15, -0.1) is 0 Å². The molecule has 0 aromatic heterocycles. The fourth-order valence-electron chi connectivity index (χ4n) is 14.8. The highest BCUT2D eigenvalue weighted by atomic mass is 16.7. The van der Waals surface area contributed by atoms with Crippen LogP contribution in [-0.2, 0) is 19.0 Å². The fourth-order valence-corrected chi connectivity index (χ4v) is 14.8. The predicted molar refractivity (Wildman–Crippen MR) is 188 cm³/mol. The quantitative estimate of drug-likeness (QED) is 0.320. The summed E-state index contributed by atoms with van der Waals surface area (Å²) in [4.78, 5) is 15.3. The lowest BCUT2D eigenvalue weighted by Gasteiger charge is -2.63. The number of hydrogen-bond acceptors (Lipinski definition) is 7. The Morgan fingerprint density at radius 1 is 1.00 bits per heavy atom. The number of nitrogens with one attached hydrogen (secondary N) is 1. The first-order valence-corrected chi connectivity index (χ1v) is 20.4. The van der Waals surface area contributed by atoms with Gasteiger partial charge in [0, 0.05) is 13.0 Å². The van der Waals surface area contributed by atoms with E-state index in [4.69, 9.17) is 14.2 Å². The van der Waals surface area contributed by atoms with E-state index in [-0.39, 0.29) is 46.8 Å². The molecule has 0 bridgehead atoms. The van der Waals surface area contributed by atoms with Crippen LogP contribution >= 0.6 is 0 Å². The van der Waals surface area contributed by atoms with Gasteiger partial charge in [0.1, 0.15) is 6.10 Å². The van der Waals surface area contributed by atoms with Gasteiger partial charge in [0.25, 0.3) is 0 Å². The van der Waals surface area contributed by atoms with Crippen LogP contribution in [0.15, 0.2) is 0 Å². The molecule has 1 amide bonds. The number of amides is 1. The van der Waals surface area contributed by atoms with Gasteiger partial charge in [-0.05, 0) is 154 Å². The predicted octanol–water partition coefficient (Wildman–Crippen LogP) is 5.92. The highest BCUT2D eigenvalue weighted by molar-refractivity contribution is 5.76. The molecule has 6 unspecified atom stereocenters. The third-order valence-corrected chi connectivity index (χ3v) is 17.3. The van der Waals surface area contributed by atoms with Gasteiger partial charge < -0.3 is 34.6 Å². The molecular formula is C41H68N2O6. The van der Waals surface area contributed by atoms with E-state index in [0.717, 1.165) is 45.2 Å². The van der Waals surface area contributed by atoms with Crippen molar-refractivity contribution in [1.82, 2.24) is 10.2 Å². The van der Waals surface area contributed by atoms with Crippen LogP contribution in [0.2, 0.25) is 0 Å². The SMILES string of the molecule is C[C@@H]1CC([C@H](O)C(C)(C)O)OC2C[C@@]3(C)[C@@H]4CCC5C(C)(C)[C@@H](OC6CN(C(=O)CC7CCNCC7)CCO6)CCC56C[C@@]46CC[C@]3(C)C21. The number of aliphatic hydroxyl groups is 2. The Morgan fingerprint density at radius 2 is 1.71 bits per heavy atom. The van der Waals surface area contributed by atoms with Gasteiger partial charge in [-0.25, -0.2) is 0 Å². The largest absolute Gasteiger partial charge is 0.388 e. The zero-order chi connectivity index (χ0) is 34.8. The lowest BCUT2D eigenvalue weighted by atomic mass is 9.41. The second-order valence-electron chi connectivity index (χ2n) is 20.3. The molecule has 0 radical (unpaired) electrons. The van der Waals surface area contributed by atoms with Crippen LogP contribution in [0.4, 0.5) is 0 Å². The molecule has 8 fully saturated rings. The van der Waals surface area contributed by atoms with Crippen molar-refractivity contribution in [3.63, 3.8) is 0 Å². The summed E-state index contributed by atoms with van der Waals surface area (Å²) < 4.78 is 20.0. The first kappa shape index (κ1) is 35.3.